The highest BCUT2D eigenvalue weighted by Crippen LogP contribution is 2.34. The van der Waals surface area contributed by atoms with Gasteiger partial charge in [-0.25, -0.2) is 8.78 Å². The second kappa shape index (κ2) is 5.33. The second-order valence-electron chi connectivity index (χ2n) is 5.42. The number of hydrogen-bond donors (Lipinski definition) is 1. The lowest BCUT2D eigenvalue weighted by atomic mass is 10.0. The number of β-amino-alcohol motifs (C(OH)–C–C–N with tert-alkyl or cyclic N) is 1. The maximum Gasteiger partial charge on any atom is 0.128 e. The molecule has 4 heteroatoms. The normalized spacial score (nSPS) is 25.0. The second-order valence-corrected chi connectivity index (χ2v) is 5.42. The molecule has 0 spiro atoms. The highest BCUT2D eigenvalue weighted by Gasteiger charge is 2.33. The van der Waals surface area contributed by atoms with Crippen LogP contribution in [0.25, 0.3) is 0 Å². The molecule has 1 fully saturated rings. The number of likely N-dealkylation sites (tertiary alicyclic amines) is 1. The van der Waals surface area contributed by atoms with E-state index in [9.17, 15) is 13.9 Å². The van der Waals surface area contributed by atoms with Crippen molar-refractivity contribution < 1.29 is 13.9 Å². The van der Waals surface area contributed by atoms with Crippen molar-refractivity contribution in [2.75, 3.05) is 13.1 Å². The molecule has 0 saturated carbocycles. The Hall–Kier alpha value is -1.00. The molecular formula is C14H19F2NO. The molecule has 0 radical (unpaired) electrons. The summed E-state index contributed by atoms with van der Waals surface area (Å²) in [5.74, 6) is -0.407. The Morgan fingerprint density at radius 2 is 2.11 bits per heavy atom. The molecule has 2 rings (SSSR count). The van der Waals surface area contributed by atoms with E-state index in [4.69, 9.17) is 0 Å². The topological polar surface area (TPSA) is 23.5 Å². The number of aliphatic hydroxyl groups is 1. The summed E-state index contributed by atoms with van der Waals surface area (Å²) in [7, 11) is 0. The van der Waals surface area contributed by atoms with Crippen molar-refractivity contribution >= 4 is 0 Å². The number of benzene rings is 1. The monoisotopic (exact) mass is 255 g/mol. The van der Waals surface area contributed by atoms with E-state index < -0.39 is 17.7 Å². The fourth-order valence-electron chi connectivity index (χ4n) is 2.64. The van der Waals surface area contributed by atoms with Gasteiger partial charge in [-0.15, -0.1) is 0 Å². The average Bonchev–Trinajstić information content (AvgIpc) is 2.62. The molecule has 1 heterocycles. The summed E-state index contributed by atoms with van der Waals surface area (Å²) in [4.78, 5) is 2.03. The average molecular weight is 255 g/mol. The van der Waals surface area contributed by atoms with Crippen LogP contribution in [0.15, 0.2) is 18.2 Å². The minimum Gasteiger partial charge on any atom is -0.392 e. The van der Waals surface area contributed by atoms with Gasteiger partial charge < -0.3 is 5.11 Å². The Bertz CT molecular complexity index is 422. The summed E-state index contributed by atoms with van der Waals surface area (Å²) >= 11 is 0. The van der Waals surface area contributed by atoms with Gasteiger partial charge in [-0.3, -0.25) is 4.90 Å². The molecule has 1 saturated heterocycles. The number of hydrogen-bond acceptors (Lipinski definition) is 2. The maximum atomic E-state index is 13.8. The Labute approximate surface area is 106 Å². The third-order valence-electron chi connectivity index (χ3n) is 3.30. The molecule has 0 bridgehead atoms. The largest absolute Gasteiger partial charge is 0.392 e. The molecular weight excluding hydrogens is 236 g/mol. The Morgan fingerprint density at radius 1 is 1.39 bits per heavy atom. The molecule has 100 valence electrons. The van der Waals surface area contributed by atoms with Gasteiger partial charge in [0.25, 0.3) is 0 Å². The van der Waals surface area contributed by atoms with Gasteiger partial charge >= 0.3 is 0 Å². The molecule has 1 aliphatic rings. The van der Waals surface area contributed by atoms with E-state index in [0.717, 1.165) is 18.7 Å². The number of nitrogens with zero attached hydrogens (tertiary/aromatic N) is 1. The van der Waals surface area contributed by atoms with Gasteiger partial charge in [-0.1, -0.05) is 13.8 Å². The first-order chi connectivity index (χ1) is 8.47. The smallest absolute Gasteiger partial charge is 0.128 e. The predicted octanol–water partition coefficient (Wildman–Crippen LogP) is 2.73. The number of aliphatic hydroxyl groups excluding tert-OH is 1. The Balaban J connectivity index is 2.26. The maximum absolute atomic E-state index is 13.8. The van der Waals surface area contributed by atoms with Gasteiger partial charge in [0.05, 0.1) is 6.10 Å². The molecule has 18 heavy (non-hydrogen) atoms. The van der Waals surface area contributed by atoms with Crippen molar-refractivity contribution in [3.05, 3.63) is 35.4 Å². The molecule has 1 unspecified atom stereocenters. The Kier molecular flexibility index (Phi) is 3.97. The van der Waals surface area contributed by atoms with Crippen molar-refractivity contribution in [2.24, 2.45) is 5.92 Å². The first-order valence-corrected chi connectivity index (χ1v) is 6.34. The number of rotatable bonds is 3. The molecule has 2 nitrogen and oxygen atoms in total. The van der Waals surface area contributed by atoms with Crippen LogP contribution in [0.5, 0.6) is 0 Å². The van der Waals surface area contributed by atoms with Gasteiger partial charge in [0.15, 0.2) is 0 Å². The van der Waals surface area contributed by atoms with Gasteiger partial charge in [-0.05, 0) is 30.5 Å². The van der Waals surface area contributed by atoms with Crippen molar-refractivity contribution in [3.63, 3.8) is 0 Å². The SMILES string of the molecule is CC(C)CN1C[C@H](O)CC1c1cc(F)ccc1F. The van der Waals surface area contributed by atoms with E-state index in [1.165, 1.54) is 6.07 Å². The molecule has 1 aromatic carbocycles. The predicted molar refractivity (Wildman–Crippen MR) is 66.1 cm³/mol. The minimum atomic E-state index is -0.462. The molecule has 1 aliphatic heterocycles. The summed E-state index contributed by atoms with van der Waals surface area (Å²) in [5.41, 5.74) is 0.354. The van der Waals surface area contributed by atoms with Crippen molar-refractivity contribution in [3.8, 4) is 0 Å². The van der Waals surface area contributed by atoms with E-state index >= 15 is 0 Å². The fraction of sp³-hybridized carbons (Fsp3) is 0.571. The standard InChI is InChI=1S/C14H19F2NO/c1-9(2)7-17-8-11(18)6-14(17)12-5-10(15)3-4-13(12)16/h3-5,9,11,14,18H,6-8H2,1-2H3/t11-,14?/m1/s1. The van der Waals surface area contributed by atoms with Gasteiger partial charge in [0.2, 0.25) is 0 Å². The van der Waals surface area contributed by atoms with Crippen LogP contribution in [-0.4, -0.2) is 29.2 Å². The van der Waals surface area contributed by atoms with Crippen LogP contribution in [0.1, 0.15) is 31.9 Å². The molecule has 0 aromatic heterocycles. The van der Waals surface area contributed by atoms with Crippen LogP contribution in [0.3, 0.4) is 0 Å². The van der Waals surface area contributed by atoms with E-state index in [1.54, 1.807) is 0 Å². The zero-order valence-corrected chi connectivity index (χ0v) is 10.7. The molecule has 1 N–H and O–H groups in total. The first kappa shape index (κ1) is 13.4. The zero-order valence-electron chi connectivity index (χ0n) is 10.7. The summed E-state index contributed by atoms with van der Waals surface area (Å²) < 4.78 is 27.0. The van der Waals surface area contributed by atoms with Crippen LogP contribution < -0.4 is 0 Å². The summed E-state index contributed by atoms with van der Waals surface area (Å²) in [6.07, 6.45) is 0.00372. The molecule has 0 amide bonds. The van der Waals surface area contributed by atoms with E-state index in [2.05, 4.69) is 13.8 Å². The van der Waals surface area contributed by atoms with Crippen molar-refractivity contribution in [1.82, 2.24) is 4.90 Å². The lowest BCUT2D eigenvalue weighted by Crippen LogP contribution is -2.29. The van der Waals surface area contributed by atoms with E-state index in [0.29, 0.717) is 24.4 Å². The van der Waals surface area contributed by atoms with Crippen LogP contribution >= 0.6 is 0 Å². The molecule has 2 atom stereocenters. The van der Waals surface area contributed by atoms with Crippen LogP contribution in [0.2, 0.25) is 0 Å². The summed E-state index contributed by atoms with van der Waals surface area (Å²) in [6.45, 7) is 5.45. The van der Waals surface area contributed by atoms with Crippen LogP contribution in [-0.2, 0) is 0 Å². The first-order valence-electron chi connectivity index (χ1n) is 6.34. The van der Waals surface area contributed by atoms with Crippen LogP contribution in [0, 0.1) is 17.6 Å². The van der Waals surface area contributed by atoms with Crippen molar-refractivity contribution in [2.45, 2.75) is 32.4 Å². The van der Waals surface area contributed by atoms with E-state index in [1.807, 2.05) is 4.90 Å². The fourth-order valence-corrected chi connectivity index (χ4v) is 2.64. The Morgan fingerprint density at radius 3 is 2.78 bits per heavy atom. The van der Waals surface area contributed by atoms with Gasteiger partial charge in [-0.2, -0.15) is 0 Å². The highest BCUT2D eigenvalue weighted by molar-refractivity contribution is 5.23. The minimum absolute atomic E-state index is 0.224. The number of halogens is 2. The molecule has 0 aliphatic carbocycles. The van der Waals surface area contributed by atoms with Crippen LogP contribution in [0.4, 0.5) is 8.78 Å². The lowest BCUT2D eigenvalue weighted by Gasteiger charge is -2.26. The molecule has 1 aromatic rings. The highest BCUT2D eigenvalue weighted by atomic mass is 19.1. The third kappa shape index (κ3) is 2.87. The third-order valence-corrected chi connectivity index (χ3v) is 3.30. The quantitative estimate of drug-likeness (QED) is 0.897. The van der Waals surface area contributed by atoms with E-state index in [-0.39, 0.29) is 6.04 Å². The summed E-state index contributed by atoms with van der Waals surface area (Å²) in [6, 6.07) is 3.30. The van der Waals surface area contributed by atoms with Gasteiger partial charge in [0.1, 0.15) is 11.6 Å². The van der Waals surface area contributed by atoms with Crippen molar-refractivity contribution in [1.29, 1.82) is 0 Å². The van der Waals surface area contributed by atoms with Gasteiger partial charge in [0, 0.05) is 24.7 Å². The zero-order chi connectivity index (χ0) is 13.3. The summed E-state index contributed by atoms with van der Waals surface area (Å²) in [5, 5.41) is 9.75. The lowest BCUT2D eigenvalue weighted by molar-refractivity contribution is 0.168.